The van der Waals surface area contributed by atoms with E-state index in [9.17, 15) is 9.59 Å². The van der Waals surface area contributed by atoms with E-state index in [-0.39, 0.29) is 18.6 Å². The predicted molar refractivity (Wildman–Crippen MR) is 74.3 cm³/mol. The third-order valence-electron chi connectivity index (χ3n) is 4.45. The van der Waals surface area contributed by atoms with Gasteiger partial charge in [-0.05, 0) is 31.6 Å². The monoisotopic (exact) mass is 283 g/mol. The van der Waals surface area contributed by atoms with E-state index >= 15 is 0 Å². The molecule has 1 aliphatic heterocycles. The Morgan fingerprint density at radius 2 is 2.05 bits per heavy atom. The fourth-order valence-corrected chi connectivity index (χ4v) is 3.22. The van der Waals surface area contributed by atoms with E-state index in [1.165, 1.54) is 12.8 Å². The number of carboxylic acid groups (broad SMARTS) is 1. The van der Waals surface area contributed by atoms with Crippen LogP contribution in [0.4, 0.5) is 0 Å². The highest BCUT2D eigenvalue weighted by molar-refractivity contribution is 5.79. The quantitative estimate of drug-likeness (QED) is 0.855. The Kier molecular flexibility index (Phi) is 5.40. The minimum absolute atomic E-state index is 0.0609. The second-order valence-corrected chi connectivity index (χ2v) is 6.22. The van der Waals surface area contributed by atoms with Crippen LogP contribution in [0.15, 0.2) is 0 Å². The molecule has 1 N–H and O–H groups in total. The molecule has 0 aromatic rings. The summed E-state index contributed by atoms with van der Waals surface area (Å²) in [5.74, 6) is -0.601. The first-order valence-corrected chi connectivity index (χ1v) is 7.68. The van der Waals surface area contributed by atoms with Crippen molar-refractivity contribution in [3.63, 3.8) is 0 Å². The molecule has 5 heteroatoms. The summed E-state index contributed by atoms with van der Waals surface area (Å²) in [4.78, 5) is 24.7. The molecule has 20 heavy (non-hydrogen) atoms. The van der Waals surface area contributed by atoms with Crippen LogP contribution in [0, 0.1) is 11.8 Å². The highest BCUT2D eigenvalue weighted by Crippen LogP contribution is 2.25. The topological polar surface area (TPSA) is 66.8 Å². The van der Waals surface area contributed by atoms with Crippen LogP contribution in [0.5, 0.6) is 0 Å². The molecular formula is C15H25NO4. The molecule has 2 rings (SSSR count). The third-order valence-corrected chi connectivity index (χ3v) is 4.45. The Hall–Kier alpha value is -1.10. The fraction of sp³-hybridized carbons (Fsp3) is 0.867. The van der Waals surface area contributed by atoms with Gasteiger partial charge in [0.15, 0.2) is 0 Å². The standard InChI is InChI=1S/C15H25NO4/c1-11-4-2-6-13(8-11)20-10-14(17)16-7-3-5-12(9-16)15(18)19/h11-13H,2-10H2,1H3,(H,18,19)/t11-,12-,13-/m1/s1. The molecule has 1 heterocycles. The molecule has 1 saturated heterocycles. The van der Waals surface area contributed by atoms with Gasteiger partial charge in [-0.3, -0.25) is 9.59 Å². The fourth-order valence-electron chi connectivity index (χ4n) is 3.22. The minimum Gasteiger partial charge on any atom is -0.481 e. The van der Waals surface area contributed by atoms with Gasteiger partial charge in [-0.2, -0.15) is 0 Å². The maximum Gasteiger partial charge on any atom is 0.308 e. The number of nitrogens with zero attached hydrogens (tertiary/aromatic N) is 1. The molecule has 1 saturated carbocycles. The van der Waals surface area contributed by atoms with Crippen molar-refractivity contribution in [3.05, 3.63) is 0 Å². The largest absolute Gasteiger partial charge is 0.481 e. The summed E-state index contributed by atoms with van der Waals surface area (Å²) in [5.41, 5.74) is 0. The van der Waals surface area contributed by atoms with E-state index in [1.54, 1.807) is 4.90 Å². The van der Waals surface area contributed by atoms with Crippen LogP contribution in [-0.4, -0.2) is 47.7 Å². The zero-order valence-electron chi connectivity index (χ0n) is 12.2. The van der Waals surface area contributed by atoms with Crippen LogP contribution >= 0.6 is 0 Å². The lowest BCUT2D eigenvalue weighted by atomic mass is 9.89. The van der Waals surface area contributed by atoms with Gasteiger partial charge >= 0.3 is 5.97 Å². The normalized spacial score (nSPS) is 31.1. The highest BCUT2D eigenvalue weighted by atomic mass is 16.5. The molecule has 2 aliphatic rings. The van der Waals surface area contributed by atoms with E-state index in [1.807, 2.05) is 0 Å². The summed E-state index contributed by atoms with van der Waals surface area (Å²) >= 11 is 0. The second-order valence-electron chi connectivity index (χ2n) is 6.22. The lowest BCUT2D eigenvalue weighted by molar-refractivity contribution is -0.148. The lowest BCUT2D eigenvalue weighted by Crippen LogP contribution is -2.44. The molecule has 0 bridgehead atoms. The van der Waals surface area contributed by atoms with Crippen LogP contribution < -0.4 is 0 Å². The van der Waals surface area contributed by atoms with Crippen molar-refractivity contribution in [2.75, 3.05) is 19.7 Å². The van der Waals surface area contributed by atoms with Gasteiger partial charge in [0, 0.05) is 13.1 Å². The first-order chi connectivity index (χ1) is 9.56. The van der Waals surface area contributed by atoms with E-state index in [2.05, 4.69) is 6.92 Å². The number of rotatable bonds is 4. The predicted octanol–water partition coefficient (Wildman–Crippen LogP) is 1.90. The number of ether oxygens (including phenoxy) is 1. The Morgan fingerprint density at radius 1 is 1.25 bits per heavy atom. The Labute approximate surface area is 120 Å². The van der Waals surface area contributed by atoms with Gasteiger partial charge in [0.2, 0.25) is 5.91 Å². The summed E-state index contributed by atoms with van der Waals surface area (Å²) in [6, 6.07) is 0. The van der Waals surface area contributed by atoms with Crippen molar-refractivity contribution >= 4 is 11.9 Å². The molecule has 0 aromatic heterocycles. The average molecular weight is 283 g/mol. The van der Waals surface area contributed by atoms with Crippen molar-refractivity contribution in [2.45, 2.75) is 51.6 Å². The zero-order chi connectivity index (χ0) is 14.5. The van der Waals surface area contributed by atoms with Crippen molar-refractivity contribution in [1.82, 2.24) is 4.90 Å². The number of amides is 1. The number of aliphatic carboxylic acids is 1. The van der Waals surface area contributed by atoms with Crippen molar-refractivity contribution in [3.8, 4) is 0 Å². The summed E-state index contributed by atoms with van der Waals surface area (Å²) in [5, 5.41) is 9.03. The van der Waals surface area contributed by atoms with Crippen LogP contribution in [0.2, 0.25) is 0 Å². The van der Waals surface area contributed by atoms with E-state index in [0.29, 0.717) is 25.4 Å². The number of piperidine rings is 1. The Balaban J connectivity index is 1.75. The number of likely N-dealkylation sites (tertiary alicyclic amines) is 1. The van der Waals surface area contributed by atoms with Gasteiger partial charge in [-0.25, -0.2) is 0 Å². The molecule has 5 nitrogen and oxygen atoms in total. The number of carbonyl (C=O) groups excluding carboxylic acids is 1. The van der Waals surface area contributed by atoms with Crippen molar-refractivity contribution in [1.29, 1.82) is 0 Å². The van der Waals surface area contributed by atoms with E-state index in [4.69, 9.17) is 9.84 Å². The maximum atomic E-state index is 12.1. The van der Waals surface area contributed by atoms with Crippen LogP contribution in [0.1, 0.15) is 45.4 Å². The Bertz CT molecular complexity index is 358. The molecule has 0 unspecified atom stereocenters. The molecule has 0 spiro atoms. The van der Waals surface area contributed by atoms with Gasteiger partial charge in [-0.15, -0.1) is 0 Å². The zero-order valence-corrected chi connectivity index (χ0v) is 12.2. The summed E-state index contributed by atoms with van der Waals surface area (Å²) in [7, 11) is 0. The van der Waals surface area contributed by atoms with Crippen LogP contribution in [-0.2, 0) is 14.3 Å². The molecule has 0 radical (unpaired) electrons. The first kappa shape index (κ1) is 15.3. The third kappa shape index (κ3) is 4.20. The summed E-state index contributed by atoms with van der Waals surface area (Å²) in [6.45, 7) is 3.31. The molecule has 2 fully saturated rings. The number of carboxylic acids is 1. The van der Waals surface area contributed by atoms with Crippen LogP contribution in [0.25, 0.3) is 0 Å². The number of carbonyl (C=O) groups is 2. The molecular weight excluding hydrogens is 258 g/mol. The Morgan fingerprint density at radius 3 is 2.75 bits per heavy atom. The summed E-state index contributed by atoms with van der Waals surface area (Å²) < 4.78 is 5.73. The SMILES string of the molecule is C[C@@H]1CCC[C@@H](OCC(=O)N2CCC[C@@H](C(=O)O)C2)C1. The van der Waals surface area contributed by atoms with Gasteiger partial charge in [0.1, 0.15) is 6.61 Å². The highest BCUT2D eigenvalue weighted by Gasteiger charge is 2.28. The lowest BCUT2D eigenvalue weighted by Gasteiger charge is -2.32. The molecule has 1 aliphatic carbocycles. The van der Waals surface area contributed by atoms with Crippen molar-refractivity contribution in [2.24, 2.45) is 11.8 Å². The first-order valence-electron chi connectivity index (χ1n) is 7.68. The number of hydrogen-bond donors (Lipinski definition) is 1. The van der Waals surface area contributed by atoms with Gasteiger partial charge < -0.3 is 14.7 Å². The summed E-state index contributed by atoms with van der Waals surface area (Å²) in [6.07, 6.45) is 6.12. The van der Waals surface area contributed by atoms with Gasteiger partial charge in [-0.1, -0.05) is 19.8 Å². The number of hydrogen-bond acceptors (Lipinski definition) is 3. The van der Waals surface area contributed by atoms with E-state index < -0.39 is 11.9 Å². The maximum absolute atomic E-state index is 12.1. The van der Waals surface area contributed by atoms with E-state index in [0.717, 1.165) is 19.3 Å². The van der Waals surface area contributed by atoms with Gasteiger partial charge in [0.25, 0.3) is 0 Å². The van der Waals surface area contributed by atoms with Gasteiger partial charge in [0.05, 0.1) is 12.0 Å². The smallest absolute Gasteiger partial charge is 0.308 e. The van der Waals surface area contributed by atoms with Crippen molar-refractivity contribution < 1.29 is 19.4 Å². The second kappa shape index (κ2) is 7.07. The molecule has 0 aromatic carbocycles. The molecule has 1 amide bonds. The average Bonchev–Trinajstić information content (AvgIpc) is 2.45. The minimum atomic E-state index is -0.801. The molecule has 114 valence electrons. The molecule has 3 atom stereocenters. The van der Waals surface area contributed by atoms with Crippen LogP contribution in [0.3, 0.4) is 0 Å².